The molecule has 0 aliphatic carbocycles. The molecule has 1 heterocycles. The average molecular weight is 260 g/mol. The summed E-state index contributed by atoms with van der Waals surface area (Å²) in [4.78, 5) is 0. The largest absolute Gasteiger partial charge is 0.573 e. The molecule has 1 aromatic rings. The second-order valence-electron chi connectivity index (χ2n) is 3.87. The number of nitrogens with one attached hydrogen (secondary N) is 1. The number of hydrogen-bond donors (Lipinski definition) is 1. The van der Waals surface area contributed by atoms with Gasteiger partial charge in [0.2, 0.25) is 0 Å². The summed E-state index contributed by atoms with van der Waals surface area (Å²) in [7, 11) is 0. The summed E-state index contributed by atoms with van der Waals surface area (Å²) in [6.45, 7) is 0.781. The van der Waals surface area contributed by atoms with Gasteiger partial charge in [-0.15, -0.1) is 13.2 Å². The highest BCUT2D eigenvalue weighted by Crippen LogP contribution is 2.32. The number of alkyl halides is 3. The highest BCUT2D eigenvalue weighted by Gasteiger charge is 2.32. The molecule has 0 amide bonds. The first-order valence-corrected chi connectivity index (χ1v) is 5.63. The fraction of sp³-hybridized carbons (Fsp3) is 0.417. The van der Waals surface area contributed by atoms with Gasteiger partial charge in [0.25, 0.3) is 0 Å². The van der Waals surface area contributed by atoms with Crippen LogP contribution in [0, 0.1) is 6.42 Å². The van der Waals surface area contributed by atoms with E-state index in [1.165, 1.54) is 18.2 Å². The lowest BCUT2D eigenvalue weighted by Crippen LogP contribution is -2.39. The van der Waals surface area contributed by atoms with Crippen LogP contribution in [-0.2, 0) is 0 Å². The molecule has 18 heavy (non-hydrogen) atoms. The molecule has 1 aliphatic rings. The van der Waals surface area contributed by atoms with Gasteiger partial charge in [-0.25, -0.2) is 0 Å². The summed E-state index contributed by atoms with van der Waals surface area (Å²) in [5.74, 6) is -0.253. The first kappa shape index (κ1) is 13.0. The van der Waals surface area contributed by atoms with Gasteiger partial charge in [0.15, 0.2) is 17.7 Å². The van der Waals surface area contributed by atoms with Crippen LogP contribution in [0.5, 0.6) is 11.5 Å². The number of benzene rings is 1. The maximum atomic E-state index is 12.2. The van der Waals surface area contributed by atoms with Crippen molar-refractivity contribution in [3.8, 4) is 11.5 Å². The number of piperidine rings is 1. The molecule has 3 nitrogen and oxygen atoms in total. The van der Waals surface area contributed by atoms with Gasteiger partial charge in [-0.2, -0.15) is 0 Å². The summed E-state index contributed by atoms with van der Waals surface area (Å²) in [5.41, 5.74) is 0. The third-order valence-electron chi connectivity index (χ3n) is 2.44. The molecule has 1 atom stereocenters. The van der Waals surface area contributed by atoms with E-state index in [-0.39, 0.29) is 17.7 Å². The van der Waals surface area contributed by atoms with Crippen LogP contribution in [0.2, 0.25) is 0 Å². The number of ether oxygens (including phenoxy) is 2. The minimum absolute atomic E-state index is 0.0745. The first-order valence-electron chi connectivity index (χ1n) is 5.63. The molecular formula is C12H13F3NO2. The van der Waals surface area contributed by atoms with E-state index in [1.54, 1.807) is 6.07 Å². The number of rotatable bonds is 3. The molecule has 0 saturated carbocycles. The average Bonchev–Trinajstić information content (AvgIpc) is 2.31. The van der Waals surface area contributed by atoms with Crippen molar-refractivity contribution in [2.75, 3.05) is 6.54 Å². The van der Waals surface area contributed by atoms with E-state index in [0.29, 0.717) is 0 Å². The topological polar surface area (TPSA) is 30.5 Å². The van der Waals surface area contributed by atoms with Crippen molar-refractivity contribution in [1.29, 1.82) is 0 Å². The monoisotopic (exact) mass is 260 g/mol. The van der Waals surface area contributed by atoms with Gasteiger partial charge in [-0.05, 0) is 31.5 Å². The Labute approximate surface area is 103 Å². The number of halogens is 3. The van der Waals surface area contributed by atoms with Gasteiger partial charge < -0.3 is 9.47 Å². The molecular weight excluding hydrogens is 247 g/mol. The Hall–Kier alpha value is -1.43. The predicted molar refractivity (Wildman–Crippen MR) is 59.1 cm³/mol. The van der Waals surface area contributed by atoms with Crippen molar-refractivity contribution in [1.82, 2.24) is 5.32 Å². The first-order chi connectivity index (χ1) is 8.54. The molecule has 1 fully saturated rings. The van der Waals surface area contributed by atoms with Crippen LogP contribution in [0.1, 0.15) is 12.8 Å². The minimum Gasteiger partial charge on any atom is -0.471 e. The Bertz CT molecular complexity index is 389. The molecule has 1 N–H and O–H groups in total. The molecule has 1 unspecified atom stereocenters. The Balaban J connectivity index is 2.06. The van der Waals surface area contributed by atoms with E-state index in [0.717, 1.165) is 19.4 Å². The summed E-state index contributed by atoms with van der Waals surface area (Å²) in [6, 6.07) is 5.74. The van der Waals surface area contributed by atoms with E-state index < -0.39 is 6.36 Å². The fourth-order valence-corrected chi connectivity index (χ4v) is 1.68. The van der Waals surface area contributed by atoms with Gasteiger partial charge in [0, 0.05) is 6.42 Å². The van der Waals surface area contributed by atoms with E-state index >= 15 is 0 Å². The van der Waals surface area contributed by atoms with Gasteiger partial charge in [-0.3, -0.25) is 5.32 Å². The van der Waals surface area contributed by atoms with E-state index in [9.17, 15) is 13.2 Å². The second-order valence-corrected chi connectivity index (χ2v) is 3.87. The van der Waals surface area contributed by atoms with Crippen molar-refractivity contribution in [2.45, 2.75) is 25.4 Å². The molecule has 1 aromatic carbocycles. The lowest BCUT2D eigenvalue weighted by molar-refractivity contribution is -0.275. The fourth-order valence-electron chi connectivity index (χ4n) is 1.68. The maximum absolute atomic E-state index is 12.2. The highest BCUT2D eigenvalue weighted by atomic mass is 19.4. The van der Waals surface area contributed by atoms with Gasteiger partial charge in [0.05, 0.1) is 0 Å². The summed E-state index contributed by atoms with van der Waals surface area (Å²) < 4.78 is 45.9. The molecule has 0 spiro atoms. The van der Waals surface area contributed by atoms with Crippen molar-refractivity contribution in [2.24, 2.45) is 0 Å². The zero-order chi connectivity index (χ0) is 13.0. The molecule has 1 radical (unpaired) electrons. The van der Waals surface area contributed by atoms with Crippen molar-refractivity contribution < 1.29 is 22.6 Å². The van der Waals surface area contributed by atoms with Crippen LogP contribution in [0.3, 0.4) is 0 Å². The zero-order valence-electron chi connectivity index (χ0n) is 9.54. The quantitative estimate of drug-likeness (QED) is 0.906. The minimum atomic E-state index is -4.72. The molecule has 2 rings (SSSR count). The van der Waals surface area contributed by atoms with Crippen molar-refractivity contribution in [3.05, 3.63) is 30.7 Å². The van der Waals surface area contributed by atoms with E-state index in [2.05, 4.69) is 10.1 Å². The Morgan fingerprint density at radius 3 is 2.50 bits per heavy atom. The lowest BCUT2D eigenvalue weighted by Gasteiger charge is -2.25. The van der Waals surface area contributed by atoms with E-state index in [1.807, 2.05) is 6.42 Å². The number of hydrogen-bond acceptors (Lipinski definition) is 3. The van der Waals surface area contributed by atoms with Gasteiger partial charge in [-0.1, -0.05) is 12.1 Å². The SMILES string of the molecule is FC(F)(F)Oc1ccccc1OC1[CH]CCCN1. The normalized spacial score (nSPS) is 20.5. The molecule has 0 aromatic heterocycles. The summed E-state index contributed by atoms with van der Waals surface area (Å²) >= 11 is 0. The second kappa shape index (κ2) is 5.48. The molecule has 0 bridgehead atoms. The summed E-state index contributed by atoms with van der Waals surface area (Å²) in [6.07, 6.45) is -1.34. The zero-order valence-corrected chi connectivity index (χ0v) is 9.54. The van der Waals surface area contributed by atoms with Crippen LogP contribution in [-0.4, -0.2) is 19.1 Å². The van der Waals surface area contributed by atoms with Crippen LogP contribution in [0.15, 0.2) is 24.3 Å². The van der Waals surface area contributed by atoms with Crippen molar-refractivity contribution in [3.63, 3.8) is 0 Å². The van der Waals surface area contributed by atoms with Crippen molar-refractivity contribution >= 4 is 0 Å². The third kappa shape index (κ3) is 3.80. The maximum Gasteiger partial charge on any atom is 0.573 e. The molecule has 1 aliphatic heterocycles. The van der Waals surface area contributed by atoms with Gasteiger partial charge >= 0.3 is 6.36 Å². The van der Waals surface area contributed by atoms with Gasteiger partial charge in [0.1, 0.15) is 0 Å². The standard InChI is InChI=1S/C12H13F3NO2/c13-12(14,15)18-10-6-2-1-5-9(10)17-11-7-3-4-8-16-11/h1-2,5-7,11,16H,3-4,8H2. The van der Waals surface area contributed by atoms with Crippen LogP contribution in [0.25, 0.3) is 0 Å². The third-order valence-corrected chi connectivity index (χ3v) is 2.44. The van der Waals surface area contributed by atoms with Crippen LogP contribution >= 0.6 is 0 Å². The Morgan fingerprint density at radius 1 is 1.17 bits per heavy atom. The molecule has 99 valence electrons. The Kier molecular flexibility index (Phi) is 3.96. The highest BCUT2D eigenvalue weighted by molar-refractivity contribution is 5.39. The molecule has 6 heteroatoms. The lowest BCUT2D eigenvalue weighted by atomic mass is 10.1. The predicted octanol–water partition coefficient (Wildman–Crippen LogP) is 2.88. The smallest absolute Gasteiger partial charge is 0.471 e. The van der Waals surface area contributed by atoms with E-state index in [4.69, 9.17) is 4.74 Å². The summed E-state index contributed by atoms with van der Waals surface area (Å²) in [5, 5.41) is 3.04. The Morgan fingerprint density at radius 2 is 1.89 bits per heavy atom. The molecule has 1 saturated heterocycles. The van der Waals surface area contributed by atoms with Crippen LogP contribution < -0.4 is 14.8 Å². The number of para-hydroxylation sites is 2. The van der Waals surface area contributed by atoms with Crippen LogP contribution in [0.4, 0.5) is 13.2 Å².